The Morgan fingerprint density at radius 3 is 2.66 bits per heavy atom. The van der Waals surface area contributed by atoms with Gasteiger partial charge in [-0.3, -0.25) is 4.79 Å². The zero-order valence-electron chi connectivity index (χ0n) is 17.4. The van der Waals surface area contributed by atoms with Crippen molar-refractivity contribution in [2.24, 2.45) is 0 Å². The summed E-state index contributed by atoms with van der Waals surface area (Å²) in [6, 6.07) is 9.76. The molecule has 1 N–H and O–H groups in total. The van der Waals surface area contributed by atoms with Crippen LogP contribution >= 0.6 is 0 Å². The van der Waals surface area contributed by atoms with Crippen molar-refractivity contribution in [1.29, 1.82) is 0 Å². The Labute approximate surface area is 172 Å². The molecular weight excluding hydrogens is 366 g/mol. The van der Waals surface area contributed by atoms with Crippen LogP contribution in [0.15, 0.2) is 30.3 Å². The molecule has 154 valence electrons. The summed E-state index contributed by atoms with van der Waals surface area (Å²) in [6.45, 7) is 8.23. The standard InChI is InChI=1S/C24H29NO4/c1-4-12-28-21-14-16(27-5-2)13-18-23(21)22-17(24(18)26)8-6-10-20(22)29-15(3)19-9-7-11-25-19/h6,8,10,13-15,19,25H,4-5,7,9,11-12H2,1-3H3. The molecule has 5 nitrogen and oxygen atoms in total. The fraction of sp³-hybridized carbons (Fsp3) is 0.458. The zero-order chi connectivity index (χ0) is 20.4. The Hall–Kier alpha value is -2.53. The van der Waals surface area contributed by atoms with Gasteiger partial charge in [-0.1, -0.05) is 19.1 Å². The van der Waals surface area contributed by atoms with E-state index in [1.165, 1.54) is 6.42 Å². The highest BCUT2D eigenvalue weighted by Crippen LogP contribution is 2.49. The minimum atomic E-state index is -0.00463. The molecule has 0 saturated carbocycles. The van der Waals surface area contributed by atoms with Crippen molar-refractivity contribution in [3.63, 3.8) is 0 Å². The van der Waals surface area contributed by atoms with Crippen molar-refractivity contribution >= 4 is 5.78 Å². The van der Waals surface area contributed by atoms with Gasteiger partial charge < -0.3 is 19.5 Å². The highest BCUT2D eigenvalue weighted by Gasteiger charge is 2.34. The zero-order valence-corrected chi connectivity index (χ0v) is 17.4. The summed E-state index contributed by atoms with van der Waals surface area (Å²) in [7, 11) is 0. The van der Waals surface area contributed by atoms with Crippen LogP contribution in [0.4, 0.5) is 0 Å². The molecule has 29 heavy (non-hydrogen) atoms. The normalized spacial score (nSPS) is 18.3. The van der Waals surface area contributed by atoms with Crippen LogP contribution in [0.5, 0.6) is 17.2 Å². The van der Waals surface area contributed by atoms with E-state index in [2.05, 4.69) is 19.2 Å². The lowest BCUT2D eigenvalue weighted by molar-refractivity contribution is 0.104. The van der Waals surface area contributed by atoms with Gasteiger partial charge in [0.1, 0.15) is 23.4 Å². The molecule has 2 aromatic rings. The summed E-state index contributed by atoms with van der Waals surface area (Å²) in [5.74, 6) is 2.07. The minimum Gasteiger partial charge on any atom is -0.494 e. The molecule has 0 spiro atoms. The first-order valence-corrected chi connectivity index (χ1v) is 10.7. The predicted molar refractivity (Wildman–Crippen MR) is 113 cm³/mol. The molecule has 1 aliphatic heterocycles. The molecule has 0 bridgehead atoms. The van der Waals surface area contributed by atoms with Crippen molar-refractivity contribution in [2.45, 2.75) is 52.2 Å². The SMILES string of the molecule is CCCOc1cc(OCC)cc2c1-c1c(OC(C)C3CCCN3)cccc1C2=O. The maximum atomic E-state index is 13.2. The molecule has 1 fully saturated rings. The summed E-state index contributed by atoms with van der Waals surface area (Å²) in [5.41, 5.74) is 2.95. The molecule has 1 heterocycles. The first-order chi connectivity index (χ1) is 14.1. The summed E-state index contributed by atoms with van der Waals surface area (Å²) in [6.07, 6.45) is 3.18. The number of fused-ring (bicyclic) bond motifs is 3. The monoisotopic (exact) mass is 395 g/mol. The number of hydrogen-bond donors (Lipinski definition) is 1. The highest BCUT2D eigenvalue weighted by molar-refractivity contribution is 6.23. The number of ketones is 1. The van der Waals surface area contributed by atoms with Crippen molar-refractivity contribution in [3.8, 4) is 28.4 Å². The first kappa shape index (κ1) is 19.8. The Kier molecular flexibility index (Phi) is 5.76. The number of benzene rings is 2. The number of carbonyl (C=O) groups excluding carboxylic acids is 1. The third kappa shape index (κ3) is 3.71. The fourth-order valence-electron chi connectivity index (χ4n) is 4.22. The fourth-order valence-corrected chi connectivity index (χ4v) is 4.22. The lowest BCUT2D eigenvalue weighted by Crippen LogP contribution is -2.36. The van der Waals surface area contributed by atoms with Gasteiger partial charge in [0, 0.05) is 34.4 Å². The van der Waals surface area contributed by atoms with Gasteiger partial charge in [0.15, 0.2) is 5.78 Å². The van der Waals surface area contributed by atoms with Crippen LogP contribution in [-0.2, 0) is 0 Å². The van der Waals surface area contributed by atoms with Crippen LogP contribution in [-0.4, -0.2) is 37.7 Å². The molecule has 0 aromatic heterocycles. The predicted octanol–water partition coefficient (Wildman–Crippen LogP) is 4.60. The van der Waals surface area contributed by atoms with E-state index < -0.39 is 0 Å². The number of ether oxygens (including phenoxy) is 3. The molecular formula is C24H29NO4. The Bertz CT molecular complexity index is 902. The van der Waals surface area contributed by atoms with Gasteiger partial charge in [-0.05, 0) is 51.8 Å². The largest absolute Gasteiger partial charge is 0.494 e. The van der Waals surface area contributed by atoms with Crippen LogP contribution in [0.1, 0.15) is 56.0 Å². The van der Waals surface area contributed by atoms with Gasteiger partial charge in [-0.15, -0.1) is 0 Å². The molecule has 2 unspecified atom stereocenters. The summed E-state index contributed by atoms with van der Waals surface area (Å²) in [5, 5.41) is 3.50. The molecule has 4 rings (SSSR count). The second-order valence-electron chi connectivity index (χ2n) is 7.66. The number of carbonyl (C=O) groups is 1. The van der Waals surface area contributed by atoms with Crippen molar-refractivity contribution < 1.29 is 19.0 Å². The van der Waals surface area contributed by atoms with Gasteiger partial charge in [0.05, 0.1) is 13.2 Å². The number of hydrogen-bond acceptors (Lipinski definition) is 5. The topological polar surface area (TPSA) is 56.8 Å². The van der Waals surface area contributed by atoms with Gasteiger partial charge in [-0.2, -0.15) is 0 Å². The van der Waals surface area contributed by atoms with Crippen LogP contribution < -0.4 is 19.5 Å². The van der Waals surface area contributed by atoms with E-state index in [-0.39, 0.29) is 11.9 Å². The molecule has 1 aliphatic carbocycles. The highest BCUT2D eigenvalue weighted by atomic mass is 16.5. The van der Waals surface area contributed by atoms with E-state index >= 15 is 0 Å². The summed E-state index contributed by atoms with van der Waals surface area (Å²) in [4.78, 5) is 13.2. The lowest BCUT2D eigenvalue weighted by Gasteiger charge is -2.23. The molecule has 1 saturated heterocycles. The van der Waals surface area contributed by atoms with Gasteiger partial charge in [0.2, 0.25) is 0 Å². The first-order valence-electron chi connectivity index (χ1n) is 10.7. The average Bonchev–Trinajstić information content (AvgIpc) is 3.35. The summed E-state index contributed by atoms with van der Waals surface area (Å²) >= 11 is 0. The summed E-state index contributed by atoms with van der Waals surface area (Å²) < 4.78 is 18.1. The molecule has 2 aromatic carbocycles. The van der Waals surface area contributed by atoms with Gasteiger partial charge in [0.25, 0.3) is 0 Å². The van der Waals surface area contributed by atoms with E-state index in [1.54, 1.807) is 0 Å². The molecule has 5 heteroatoms. The lowest BCUT2D eigenvalue weighted by atomic mass is 10.0. The second-order valence-corrected chi connectivity index (χ2v) is 7.66. The smallest absolute Gasteiger partial charge is 0.194 e. The van der Waals surface area contributed by atoms with E-state index in [0.717, 1.165) is 36.3 Å². The van der Waals surface area contributed by atoms with Crippen LogP contribution in [0.2, 0.25) is 0 Å². The minimum absolute atomic E-state index is 0.00463. The van der Waals surface area contributed by atoms with Gasteiger partial charge >= 0.3 is 0 Å². The maximum Gasteiger partial charge on any atom is 0.194 e. The van der Waals surface area contributed by atoms with E-state index in [1.807, 2.05) is 37.3 Å². The van der Waals surface area contributed by atoms with E-state index in [4.69, 9.17) is 14.2 Å². The van der Waals surface area contributed by atoms with E-state index in [0.29, 0.717) is 41.9 Å². The molecule has 0 amide bonds. The van der Waals surface area contributed by atoms with Crippen LogP contribution in [0.25, 0.3) is 11.1 Å². The molecule has 2 aliphatic rings. The van der Waals surface area contributed by atoms with Gasteiger partial charge in [-0.25, -0.2) is 0 Å². The third-order valence-electron chi connectivity index (χ3n) is 5.59. The molecule has 2 atom stereocenters. The van der Waals surface area contributed by atoms with Crippen molar-refractivity contribution in [1.82, 2.24) is 5.32 Å². The van der Waals surface area contributed by atoms with Crippen LogP contribution in [0.3, 0.4) is 0 Å². The second kappa shape index (κ2) is 8.46. The van der Waals surface area contributed by atoms with Crippen LogP contribution in [0, 0.1) is 0 Å². The molecule has 0 radical (unpaired) electrons. The third-order valence-corrected chi connectivity index (χ3v) is 5.59. The Morgan fingerprint density at radius 2 is 1.93 bits per heavy atom. The number of nitrogens with one attached hydrogen (secondary N) is 1. The van der Waals surface area contributed by atoms with Crippen molar-refractivity contribution in [2.75, 3.05) is 19.8 Å². The Balaban J connectivity index is 1.78. The van der Waals surface area contributed by atoms with E-state index in [9.17, 15) is 4.79 Å². The van der Waals surface area contributed by atoms with Crippen molar-refractivity contribution in [3.05, 3.63) is 41.5 Å². The quantitative estimate of drug-likeness (QED) is 0.604. The average molecular weight is 395 g/mol. The Morgan fingerprint density at radius 1 is 1.10 bits per heavy atom. The maximum absolute atomic E-state index is 13.2. The number of rotatable bonds is 8.